The fourth-order valence-corrected chi connectivity index (χ4v) is 3.43. The van der Waals surface area contributed by atoms with Crippen molar-refractivity contribution in [2.24, 2.45) is 0 Å². The first kappa shape index (κ1) is 13.9. The quantitative estimate of drug-likeness (QED) is 0.878. The molecule has 1 aromatic carbocycles. The molecule has 19 heavy (non-hydrogen) atoms. The molecule has 0 unspecified atom stereocenters. The maximum Gasteiger partial charge on any atom is 0.348 e. The van der Waals surface area contributed by atoms with E-state index in [9.17, 15) is 9.90 Å². The molecular weight excluding hydrogens is 282 g/mol. The number of hydrogen-bond acceptors (Lipinski definition) is 3. The summed E-state index contributed by atoms with van der Waals surface area (Å²) in [5, 5.41) is 9.81. The number of anilines is 1. The molecule has 0 fully saturated rings. The number of nitrogens with two attached hydrogens (primary N) is 1. The molecule has 0 atom stereocenters. The van der Waals surface area contributed by atoms with Crippen LogP contribution in [0.4, 0.5) is 5.69 Å². The van der Waals surface area contributed by atoms with E-state index in [1.54, 1.807) is 6.07 Å². The molecule has 100 valence electrons. The summed E-state index contributed by atoms with van der Waals surface area (Å²) in [6.45, 7) is 4.00. The molecule has 0 aliphatic rings. The van der Waals surface area contributed by atoms with Crippen molar-refractivity contribution in [1.29, 1.82) is 0 Å². The topological polar surface area (TPSA) is 63.3 Å². The van der Waals surface area contributed by atoms with Gasteiger partial charge in [-0.05, 0) is 29.2 Å². The number of carboxylic acids is 1. The Balaban J connectivity index is 2.69. The van der Waals surface area contributed by atoms with Gasteiger partial charge in [0.1, 0.15) is 4.88 Å². The number of aromatic carboxylic acids is 1. The van der Waals surface area contributed by atoms with Gasteiger partial charge in [0.25, 0.3) is 0 Å². The molecule has 0 aliphatic heterocycles. The standard InChI is InChI=1S/C14H14ClNO2S/c1-7(2)10-11(16)13(14(17)18)19-12(10)8-4-3-5-9(15)6-8/h3-7H,16H2,1-2H3,(H,17,18). The first-order chi connectivity index (χ1) is 8.91. The summed E-state index contributed by atoms with van der Waals surface area (Å²) in [6.07, 6.45) is 0. The van der Waals surface area contributed by atoms with Crippen molar-refractivity contribution in [3.8, 4) is 10.4 Å². The van der Waals surface area contributed by atoms with E-state index < -0.39 is 5.97 Å². The first-order valence-electron chi connectivity index (χ1n) is 5.83. The Bertz CT molecular complexity index is 634. The van der Waals surface area contributed by atoms with E-state index in [2.05, 4.69) is 0 Å². The third-order valence-electron chi connectivity index (χ3n) is 2.84. The lowest BCUT2D eigenvalue weighted by molar-refractivity contribution is 0.0703. The van der Waals surface area contributed by atoms with Gasteiger partial charge in [0.2, 0.25) is 0 Å². The third-order valence-corrected chi connectivity index (χ3v) is 4.34. The molecule has 0 aliphatic carbocycles. The van der Waals surface area contributed by atoms with Gasteiger partial charge >= 0.3 is 5.97 Å². The highest BCUT2D eigenvalue weighted by molar-refractivity contribution is 7.18. The van der Waals surface area contributed by atoms with Crippen LogP contribution in [0.25, 0.3) is 10.4 Å². The first-order valence-corrected chi connectivity index (χ1v) is 7.02. The SMILES string of the molecule is CC(C)c1c(-c2cccc(Cl)c2)sc(C(=O)O)c1N. The number of nitrogen functional groups attached to an aromatic ring is 1. The van der Waals surface area contributed by atoms with E-state index in [0.717, 1.165) is 16.0 Å². The van der Waals surface area contributed by atoms with E-state index in [4.69, 9.17) is 17.3 Å². The average molecular weight is 296 g/mol. The number of benzene rings is 1. The number of hydrogen-bond donors (Lipinski definition) is 2. The Morgan fingerprint density at radius 3 is 2.63 bits per heavy atom. The summed E-state index contributed by atoms with van der Waals surface area (Å²) in [4.78, 5) is 12.3. The van der Waals surface area contributed by atoms with Crippen molar-refractivity contribution in [3.63, 3.8) is 0 Å². The molecule has 2 aromatic rings. The van der Waals surface area contributed by atoms with Gasteiger partial charge in [0.05, 0.1) is 5.69 Å². The van der Waals surface area contributed by atoms with Crippen molar-refractivity contribution in [2.75, 3.05) is 5.73 Å². The number of rotatable bonds is 3. The Morgan fingerprint density at radius 1 is 1.42 bits per heavy atom. The van der Waals surface area contributed by atoms with Crippen LogP contribution < -0.4 is 5.73 Å². The highest BCUT2D eigenvalue weighted by atomic mass is 35.5. The summed E-state index contributed by atoms with van der Waals surface area (Å²) in [5.41, 5.74) is 8.12. The van der Waals surface area contributed by atoms with Crippen LogP contribution in [0.15, 0.2) is 24.3 Å². The van der Waals surface area contributed by atoms with Crippen molar-refractivity contribution in [3.05, 3.63) is 39.7 Å². The molecule has 2 rings (SSSR count). The van der Waals surface area contributed by atoms with Crippen molar-refractivity contribution >= 4 is 34.6 Å². The van der Waals surface area contributed by atoms with Crippen molar-refractivity contribution in [2.45, 2.75) is 19.8 Å². The number of carbonyl (C=O) groups is 1. The molecule has 3 nitrogen and oxygen atoms in total. The van der Waals surface area contributed by atoms with Crippen LogP contribution in [0.2, 0.25) is 5.02 Å². The lowest BCUT2D eigenvalue weighted by atomic mass is 9.98. The Kier molecular flexibility index (Phi) is 3.83. The average Bonchev–Trinajstić information content (AvgIpc) is 2.67. The highest BCUT2D eigenvalue weighted by Crippen LogP contribution is 2.43. The van der Waals surface area contributed by atoms with Crippen LogP contribution in [0.3, 0.4) is 0 Å². The van der Waals surface area contributed by atoms with Crippen LogP contribution in [0.1, 0.15) is 35.0 Å². The third kappa shape index (κ3) is 2.60. The minimum absolute atomic E-state index is 0.151. The predicted molar refractivity (Wildman–Crippen MR) is 80.2 cm³/mol. The molecular formula is C14H14ClNO2S. The Labute approximate surface area is 120 Å². The van der Waals surface area contributed by atoms with Crippen LogP contribution in [0, 0.1) is 0 Å². The minimum Gasteiger partial charge on any atom is -0.477 e. The summed E-state index contributed by atoms with van der Waals surface area (Å²) >= 11 is 7.19. The molecule has 5 heteroatoms. The largest absolute Gasteiger partial charge is 0.477 e. The van der Waals surface area contributed by atoms with E-state index in [0.29, 0.717) is 10.7 Å². The predicted octanol–water partition coefficient (Wildman–Crippen LogP) is 4.47. The van der Waals surface area contributed by atoms with Crippen LogP contribution in [-0.2, 0) is 0 Å². The van der Waals surface area contributed by atoms with Gasteiger partial charge in [-0.2, -0.15) is 0 Å². The summed E-state index contributed by atoms with van der Waals surface area (Å²) < 4.78 is 0. The molecule has 0 amide bonds. The van der Waals surface area contributed by atoms with E-state index in [-0.39, 0.29) is 10.8 Å². The van der Waals surface area contributed by atoms with E-state index in [1.807, 2.05) is 32.0 Å². The van der Waals surface area contributed by atoms with Gasteiger partial charge in [-0.1, -0.05) is 37.6 Å². The smallest absolute Gasteiger partial charge is 0.348 e. The van der Waals surface area contributed by atoms with Crippen LogP contribution >= 0.6 is 22.9 Å². The van der Waals surface area contributed by atoms with Gasteiger partial charge < -0.3 is 10.8 Å². The maximum absolute atomic E-state index is 11.2. The minimum atomic E-state index is -0.988. The molecule has 0 radical (unpaired) electrons. The molecule has 0 spiro atoms. The Hall–Kier alpha value is -1.52. The van der Waals surface area contributed by atoms with Gasteiger partial charge in [0.15, 0.2) is 0 Å². The van der Waals surface area contributed by atoms with Gasteiger partial charge in [-0.3, -0.25) is 0 Å². The van der Waals surface area contributed by atoms with Gasteiger partial charge in [-0.15, -0.1) is 11.3 Å². The zero-order valence-electron chi connectivity index (χ0n) is 10.6. The second-order valence-corrected chi connectivity index (χ2v) is 6.01. The van der Waals surface area contributed by atoms with Crippen molar-refractivity contribution in [1.82, 2.24) is 0 Å². The van der Waals surface area contributed by atoms with E-state index in [1.165, 1.54) is 11.3 Å². The summed E-state index contributed by atoms with van der Waals surface area (Å²) in [6, 6.07) is 7.37. The van der Waals surface area contributed by atoms with Crippen LogP contribution in [-0.4, -0.2) is 11.1 Å². The molecule has 0 saturated heterocycles. The number of halogens is 1. The fourth-order valence-electron chi connectivity index (χ4n) is 2.03. The second kappa shape index (κ2) is 5.23. The van der Waals surface area contributed by atoms with Gasteiger partial charge in [-0.25, -0.2) is 4.79 Å². The summed E-state index contributed by atoms with van der Waals surface area (Å²) in [5.74, 6) is -0.837. The number of carboxylic acid groups (broad SMARTS) is 1. The van der Waals surface area contributed by atoms with Crippen LogP contribution in [0.5, 0.6) is 0 Å². The zero-order chi connectivity index (χ0) is 14.2. The van der Waals surface area contributed by atoms with Gasteiger partial charge in [0, 0.05) is 9.90 Å². The molecule has 1 aromatic heterocycles. The normalized spacial score (nSPS) is 10.9. The molecule has 3 N–H and O–H groups in total. The number of thiophene rings is 1. The van der Waals surface area contributed by atoms with Crippen molar-refractivity contribution < 1.29 is 9.90 Å². The molecule has 0 saturated carbocycles. The van der Waals surface area contributed by atoms with E-state index >= 15 is 0 Å². The lowest BCUT2D eigenvalue weighted by Gasteiger charge is -2.09. The molecule has 0 bridgehead atoms. The highest BCUT2D eigenvalue weighted by Gasteiger charge is 2.23. The monoisotopic (exact) mass is 295 g/mol. The maximum atomic E-state index is 11.2. The fraction of sp³-hybridized carbons (Fsp3) is 0.214. The Morgan fingerprint density at radius 2 is 2.11 bits per heavy atom. The zero-order valence-corrected chi connectivity index (χ0v) is 12.2. The molecule has 1 heterocycles. The second-order valence-electron chi connectivity index (χ2n) is 4.56. The lowest BCUT2D eigenvalue weighted by Crippen LogP contribution is -2.00. The summed E-state index contributed by atoms with van der Waals surface area (Å²) in [7, 11) is 0.